The number of nitrogens with zero attached hydrogens (tertiary/aromatic N) is 1. The molecule has 0 aliphatic heterocycles. The van der Waals surface area contributed by atoms with E-state index in [1.54, 1.807) is 0 Å². The Balaban J connectivity index is 2.42. The summed E-state index contributed by atoms with van der Waals surface area (Å²) in [5.41, 5.74) is 3.55. The lowest BCUT2D eigenvalue weighted by Gasteiger charge is -2.47. The van der Waals surface area contributed by atoms with E-state index in [2.05, 4.69) is 77.9 Å². The Kier molecular flexibility index (Phi) is 7.49. The Morgan fingerprint density at radius 2 is 1.52 bits per heavy atom. The van der Waals surface area contributed by atoms with Crippen LogP contribution in [0, 0.1) is 6.92 Å². The van der Waals surface area contributed by atoms with Gasteiger partial charge in [0.25, 0.3) is 0 Å². The van der Waals surface area contributed by atoms with Gasteiger partial charge in [0.15, 0.2) is 0 Å². The van der Waals surface area contributed by atoms with E-state index in [4.69, 9.17) is 0 Å². The van der Waals surface area contributed by atoms with Crippen LogP contribution in [0.15, 0.2) is 48.5 Å². The van der Waals surface area contributed by atoms with Crippen molar-refractivity contribution in [2.45, 2.75) is 72.4 Å². The summed E-state index contributed by atoms with van der Waals surface area (Å²) in [6.07, 6.45) is 2.24. The molecule has 148 valence electrons. The number of phenolic OH excluding ortho intramolecular Hbond substituents is 1. The van der Waals surface area contributed by atoms with E-state index in [0.29, 0.717) is 17.8 Å². The smallest absolute Gasteiger partial charge is 0.119 e. The highest BCUT2D eigenvalue weighted by Crippen LogP contribution is 2.36. The molecule has 2 rings (SSSR count). The lowest BCUT2D eigenvalue weighted by molar-refractivity contribution is -0.967. The number of benzene rings is 2. The molecule has 2 nitrogen and oxygen atoms in total. The number of aromatic hydroxyl groups is 1. The Bertz CT molecular complexity index is 698. The largest absolute Gasteiger partial charge is 0.508 e. The number of quaternary nitrogens is 1. The van der Waals surface area contributed by atoms with Crippen molar-refractivity contribution in [3.05, 3.63) is 65.2 Å². The Morgan fingerprint density at radius 1 is 0.889 bits per heavy atom. The van der Waals surface area contributed by atoms with E-state index in [1.807, 2.05) is 12.1 Å². The van der Waals surface area contributed by atoms with Crippen molar-refractivity contribution in [2.24, 2.45) is 0 Å². The van der Waals surface area contributed by atoms with Crippen molar-refractivity contribution in [1.82, 2.24) is 0 Å². The zero-order chi connectivity index (χ0) is 20.0. The molecule has 1 atom stereocenters. The molecule has 0 saturated carbocycles. The van der Waals surface area contributed by atoms with Gasteiger partial charge in [0, 0.05) is 17.9 Å². The van der Waals surface area contributed by atoms with E-state index >= 15 is 0 Å². The van der Waals surface area contributed by atoms with E-state index in [-0.39, 0.29) is 5.92 Å². The maximum absolute atomic E-state index is 10.6. The van der Waals surface area contributed by atoms with Gasteiger partial charge in [-0.05, 0) is 52.7 Å². The first-order chi connectivity index (χ1) is 12.8. The second-order valence-electron chi connectivity index (χ2n) is 8.55. The van der Waals surface area contributed by atoms with Crippen molar-refractivity contribution in [2.75, 3.05) is 13.1 Å². The molecular weight excluding hydrogens is 330 g/mol. The summed E-state index contributed by atoms with van der Waals surface area (Å²) in [5, 5.41) is 10.6. The molecule has 0 fully saturated rings. The third-order valence-electron chi connectivity index (χ3n) is 6.29. The molecule has 0 aromatic heterocycles. The first-order valence-electron chi connectivity index (χ1n) is 10.5. The third kappa shape index (κ3) is 4.93. The Hall–Kier alpha value is -1.80. The van der Waals surface area contributed by atoms with Gasteiger partial charge >= 0.3 is 0 Å². The van der Waals surface area contributed by atoms with Crippen molar-refractivity contribution in [3.63, 3.8) is 0 Å². The summed E-state index contributed by atoms with van der Waals surface area (Å²) in [7, 11) is 0. The van der Waals surface area contributed by atoms with Crippen LogP contribution < -0.4 is 0 Å². The SMILES string of the molecule is CCC[N+](CCC(c1ccccc1)c1cc(C)ccc1O)(C(C)C)C(C)C. The fourth-order valence-corrected chi connectivity index (χ4v) is 4.67. The molecule has 27 heavy (non-hydrogen) atoms. The average molecular weight is 369 g/mol. The summed E-state index contributed by atoms with van der Waals surface area (Å²) in [5.74, 6) is 0.634. The maximum Gasteiger partial charge on any atom is 0.119 e. The van der Waals surface area contributed by atoms with Crippen LogP contribution in [0.3, 0.4) is 0 Å². The summed E-state index contributed by atoms with van der Waals surface area (Å²) >= 11 is 0. The van der Waals surface area contributed by atoms with Gasteiger partial charge in [0.05, 0.1) is 25.2 Å². The predicted octanol–water partition coefficient (Wildman–Crippen LogP) is 6.27. The van der Waals surface area contributed by atoms with Gasteiger partial charge in [-0.1, -0.05) is 55.0 Å². The standard InChI is InChI=1S/C25H37NO/c1-7-16-26(19(2)3,20(4)5)17-15-23(22-11-9-8-10-12-22)24-18-21(6)13-14-25(24)27/h8-14,18-20,23H,7,15-17H2,1-6H3/p+1. The monoisotopic (exact) mass is 368 g/mol. The molecule has 2 aromatic rings. The molecule has 0 aliphatic rings. The van der Waals surface area contributed by atoms with Crippen LogP contribution in [0.25, 0.3) is 0 Å². The highest BCUT2D eigenvalue weighted by Gasteiger charge is 2.35. The average Bonchev–Trinajstić information content (AvgIpc) is 2.64. The molecule has 2 aromatic carbocycles. The summed E-state index contributed by atoms with van der Waals surface area (Å²) in [4.78, 5) is 0. The van der Waals surface area contributed by atoms with E-state index < -0.39 is 0 Å². The molecule has 0 radical (unpaired) electrons. The molecule has 2 heteroatoms. The van der Waals surface area contributed by atoms with Crippen LogP contribution in [0.4, 0.5) is 0 Å². The van der Waals surface area contributed by atoms with E-state index in [9.17, 15) is 5.11 Å². The van der Waals surface area contributed by atoms with Crippen LogP contribution in [-0.4, -0.2) is 34.8 Å². The maximum atomic E-state index is 10.6. The first-order valence-corrected chi connectivity index (χ1v) is 10.5. The van der Waals surface area contributed by atoms with Crippen molar-refractivity contribution < 1.29 is 9.59 Å². The minimum absolute atomic E-state index is 0.220. The lowest BCUT2D eigenvalue weighted by atomic mass is 9.86. The number of rotatable bonds is 9. The van der Waals surface area contributed by atoms with Crippen LogP contribution in [-0.2, 0) is 0 Å². The lowest BCUT2D eigenvalue weighted by Crippen LogP contribution is -2.58. The molecule has 1 N–H and O–H groups in total. The number of hydrogen-bond acceptors (Lipinski definition) is 1. The van der Waals surface area contributed by atoms with E-state index in [0.717, 1.165) is 23.0 Å². The molecule has 1 unspecified atom stereocenters. The van der Waals surface area contributed by atoms with Gasteiger partial charge in [-0.3, -0.25) is 0 Å². The number of hydrogen-bond donors (Lipinski definition) is 1. The second kappa shape index (κ2) is 9.41. The van der Waals surface area contributed by atoms with Gasteiger partial charge in [0.2, 0.25) is 0 Å². The molecule has 0 heterocycles. The van der Waals surface area contributed by atoms with Gasteiger partial charge in [0.1, 0.15) is 5.75 Å². The zero-order valence-electron chi connectivity index (χ0n) is 18.1. The quantitative estimate of drug-likeness (QED) is 0.517. The van der Waals surface area contributed by atoms with Gasteiger partial charge in [-0.25, -0.2) is 0 Å². The predicted molar refractivity (Wildman–Crippen MR) is 116 cm³/mol. The van der Waals surface area contributed by atoms with Crippen LogP contribution >= 0.6 is 0 Å². The Morgan fingerprint density at radius 3 is 2.07 bits per heavy atom. The van der Waals surface area contributed by atoms with Crippen molar-refractivity contribution in [1.29, 1.82) is 0 Å². The molecular formula is C25H38NO+. The zero-order valence-corrected chi connectivity index (χ0v) is 18.1. The van der Waals surface area contributed by atoms with Gasteiger partial charge < -0.3 is 9.59 Å². The first kappa shape index (κ1) is 21.5. The fraction of sp³-hybridized carbons (Fsp3) is 0.520. The molecule has 0 aliphatic carbocycles. The molecule has 0 saturated heterocycles. The van der Waals surface area contributed by atoms with E-state index in [1.165, 1.54) is 24.1 Å². The topological polar surface area (TPSA) is 20.2 Å². The van der Waals surface area contributed by atoms with Gasteiger partial charge in [-0.15, -0.1) is 0 Å². The summed E-state index contributed by atoms with van der Waals surface area (Å²) < 4.78 is 1.13. The summed E-state index contributed by atoms with van der Waals surface area (Å²) in [6, 6.07) is 17.8. The molecule has 0 amide bonds. The highest BCUT2D eigenvalue weighted by atomic mass is 16.3. The Labute approximate surface area is 166 Å². The molecule has 0 spiro atoms. The van der Waals surface area contributed by atoms with Crippen molar-refractivity contribution in [3.8, 4) is 5.75 Å². The number of phenols is 1. The highest BCUT2D eigenvalue weighted by molar-refractivity contribution is 5.43. The summed E-state index contributed by atoms with van der Waals surface area (Å²) in [6.45, 7) is 16.2. The van der Waals surface area contributed by atoms with Crippen LogP contribution in [0.1, 0.15) is 70.1 Å². The second-order valence-corrected chi connectivity index (χ2v) is 8.55. The van der Waals surface area contributed by atoms with Crippen LogP contribution in [0.5, 0.6) is 5.75 Å². The molecule has 0 bridgehead atoms. The van der Waals surface area contributed by atoms with Gasteiger partial charge in [-0.2, -0.15) is 0 Å². The normalized spacial score (nSPS) is 13.3. The van der Waals surface area contributed by atoms with Crippen molar-refractivity contribution >= 4 is 0 Å². The number of aryl methyl sites for hydroxylation is 1. The fourth-order valence-electron chi connectivity index (χ4n) is 4.67. The minimum atomic E-state index is 0.220. The van der Waals surface area contributed by atoms with Crippen LogP contribution in [0.2, 0.25) is 0 Å². The third-order valence-corrected chi connectivity index (χ3v) is 6.29. The minimum Gasteiger partial charge on any atom is -0.508 e.